The van der Waals surface area contributed by atoms with Gasteiger partial charge in [-0.05, 0) is 60.7 Å². The molecule has 2 aromatic rings. The Balaban J connectivity index is 2.01. The minimum Gasteiger partial charge on any atom is -0.493 e. The van der Waals surface area contributed by atoms with Crippen molar-refractivity contribution in [2.45, 2.75) is 45.6 Å². The molecule has 1 heterocycles. The highest BCUT2D eigenvalue weighted by Crippen LogP contribution is 2.35. The lowest BCUT2D eigenvalue weighted by atomic mass is 9.95. The molecule has 1 saturated heterocycles. The summed E-state index contributed by atoms with van der Waals surface area (Å²) in [7, 11) is 1.39. The first-order valence-corrected chi connectivity index (χ1v) is 11.3. The lowest BCUT2D eigenvalue weighted by Crippen LogP contribution is -2.24. The van der Waals surface area contributed by atoms with E-state index in [4.69, 9.17) is 19.5 Å². The predicted molar refractivity (Wildman–Crippen MR) is 124 cm³/mol. The molecule has 1 N–H and O–H groups in total. The number of nitriles is 1. The molecule has 1 fully saturated rings. The van der Waals surface area contributed by atoms with Crippen molar-refractivity contribution in [1.82, 2.24) is 0 Å². The van der Waals surface area contributed by atoms with Crippen molar-refractivity contribution in [3.63, 3.8) is 0 Å². The van der Waals surface area contributed by atoms with E-state index in [0.29, 0.717) is 24.7 Å². The van der Waals surface area contributed by atoms with E-state index >= 15 is 0 Å². The smallest absolute Gasteiger partial charge is 0.333 e. The van der Waals surface area contributed by atoms with Crippen molar-refractivity contribution in [3.05, 3.63) is 58.7 Å². The van der Waals surface area contributed by atoms with Crippen molar-refractivity contribution in [2.24, 2.45) is 5.92 Å². The first-order chi connectivity index (χ1) is 15.6. The first kappa shape index (κ1) is 23.6. The fourth-order valence-corrected chi connectivity index (χ4v) is 3.94. The summed E-state index contributed by atoms with van der Waals surface area (Å²) in [5, 5.41) is 12.4. The normalized spacial score (nSPS) is 16.2. The summed E-state index contributed by atoms with van der Waals surface area (Å²) in [5.41, 5.74) is 4.33. The van der Waals surface area contributed by atoms with Crippen LogP contribution in [0.1, 0.15) is 55.0 Å². The van der Waals surface area contributed by atoms with Gasteiger partial charge in [-0.25, -0.2) is 4.79 Å². The maximum Gasteiger partial charge on any atom is 0.333 e. The predicted octanol–water partition coefficient (Wildman–Crippen LogP) is 4.81. The largest absolute Gasteiger partial charge is 0.493 e. The Morgan fingerprint density at radius 1 is 1.28 bits per heavy atom. The molecule has 0 saturated carbocycles. The van der Waals surface area contributed by atoms with Crippen LogP contribution in [-0.4, -0.2) is 32.9 Å². The molecule has 0 aromatic heterocycles. The van der Waals surface area contributed by atoms with Crippen molar-refractivity contribution >= 4 is 11.7 Å². The maximum absolute atomic E-state index is 12.9. The van der Waals surface area contributed by atoms with Gasteiger partial charge in [0.15, 0.2) is 6.04 Å². The molecular formula is C26H32N2O4. The third-order valence-electron chi connectivity index (χ3n) is 5.74. The second kappa shape index (κ2) is 11.5. The molecule has 3 rings (SSSR count). The molecule has 1 aliphatic rings. The zero-order chi connectivity index (χ0) is 22.9. The molecule has 6 heteroatoms. The minimum absolute atomic E-state index is 0.353. The van der Waals surface area contributed by atoms with Crippen molar-refractivity contribution in [3.8, 4) is 11.8 Å². The van der Waals surface area contributed by atoms with E-state index in [1.807, 2.05) is 6.07 Å². The van der Waals surface area contributed by atoms with Gasteiger partial charge in [0.05, 0.1) is 32.0 Å². The summed E-state index contributed by atoms with van der Waals surface area (Å²) in [4.78, 5) is 12.9. The number of rotatable bonds is 10. The Labute approximate surface area is 190 Å². The Morgan fingerprint density at radius 2 is 2.06 bits per heavy atom. The standard InChI is InChI=1S/C26H32N2O4/c1-4-6-21-13-18(5-2)14-23(25(21)32-17-20-11-12-31-16-20)24(26(29)30-3)28-22-9-7-19(15-27)8-10-22/h7-10,13-14,20,24,28H,4-6,11-12,16-17H2,1-3H3. The Bertz CT molecular complexity index is 944. The van der Waals surface area contributed by atoms with Gasteiger partial charge in [0, 0.05) is 23.8 Å². The third kappa shape index (κ3) is 5.80. The van der Waals surface area contributed by atoms with Crippen LogP contribution in [0.5, 0.6) is 5.75 Å². The van der Waals surface area contributed by atoms with E-state index in [-0.39, 0.29) is 5.97 Å². The Hall–Kier alpha value is -3.04. The first-order valence-electron chi connectivity index (χ1n) is 11.3. The number of nitrogens with one attached hydrogen (secondary N) is 1. The number of hydrogen-bond acceptors (Lipinski definition) is 6. The molecular weight excluding hydrogens is 404 g/mol. The van der Waals surface area contributed by atoms with Gasteiger partial charge in [-0.2, -0.15) is 5.26 Å². The fraction of sp³-hybridized carbons (Fsp3) is 0.462. The number of methoxy groups -OCH3 is 1. The van der Waals surface area contributed by atoms with E-state index < -0.39 is 6.04 Å². The number of nitrogens with zero attached hydrogens (tertiary/aromatic N) is 1. The molecule has 0 bridgehead atoms. The number of esters is 1. The van der Waals surface area contributed by atoms with Gasteiger partial charge in [-0.1, -0.05) is 26.3 Å². The van der Waals surface area contributed by atoms with Gasteiger partial charge in [0.2, 0.25) is 0 Å². The van der Waals surface area contributed by atoms with Gasteiger partial charge in [0.25, 0.3) is 0 Å². The number of benzene rings is 2. The van der Waals surface area contributed by atoms with Gasteiger partial charge >= 0.3 is 5.97 Å². The zero-order valence-corrected chi connectivity index (χ0v) is 19.1. The quantitative estimate of drug-likeness (QED) is 0.538. The highest BCUT2D eigenvalue weighted by molar-refractivity contribution is 5.82. The van der Waals surface area contributed by atoms with Crippen LogP contribution in [0.15, 0.2) is 36.4 Å². The lowest BCUT2D eigenvalue weighted by molar-refractivity contribution is -0.141. The summed E-state index contributed by atoms with van der Waals surface area (Å²) in [6.07, 6.45) is 3.67. The molecule has 6 nitrogen and oxygen atoms in total. The Kier molecular flexibility index (Phi) is 8.52. The average Bonchev–Trinajstić information content (AvgIpc) is 3.35. The van der Waals surface area contributed by atoms with Gasteiger partial charge in [-0.3, -0.25) is 0 Å². The van der Waals surface area contributed by atoms with Crippen LogP contribution >= 0.6 is 0 Å². The van der Waals surface area contributed by atoms with Crippen molar-refractivity contribution < 1.29 is 19.0 Å². The summed E-state index contributed by atoms with van der Waals surface area (Å²) in [5.74, 6) is 0.720. The van der Waals surface area contributed by atoms with E-state index in [1.54, 1.807) is 24.3 Å². The van der Waals surface area contributed by atoms with Crippen molar-refractivity contribution in [1.29, 1.82) is 5.26 Å². The third-order valence-corrected chi connectivity index (χ3v) is 5.74. The van der Waals surface area contributed by atoms with Gasteiger partial charge in [-0.15, -0.1) is 0 Å². The molecule has 2 aromatic carbocycles. The summed E-state index contributed by atoms with van der Waals surface area (Å²) in [6, 6.07) is 12.6. The number of hydrogen-bond donors (Lipinski definition) is 1. The van der Waals surface area contributed by atoms with Crippen LogP contribution in [-0.2, 0) is 27.1 Å². The second-order valence-electron chi connectivity index (χ2n) is 8.11. The zero-order valence-electron chi connectivity index (χ0n) is 19.1. The van der Waals surface area contributed by atoms with Crippen LogP contribution in [0.3, 0.4) is 0 Å². The monoisotopic (exact) mass is 436 g/mol. The van der Waals surface area contributed by atoms with Crippen LogP contribution in [0.25, 0.3) is 0 Å². The summed E-state index contributed by atoms with van der Waals surface area (Å²) in [6.45, 7) is 6.27. The maximum atomic E-state index is 12.9. The number of aryl methyl sites for hydroxylation is 2. The molecule has 2 unspecified atom stereocenters. The van der Waals surface area contributed by atoms with Crippen LogP contribution in [0.4, 0.5) is 5.69 Å². The molecule has 0 spiro atoms. The summed E-state index contributed by atoms with van der Waals surface area (Å²) >= 11 is 0. The molecule has 0 radical (unpaired) electrons. The highest BCUT2D eigenvalue weighted by Gasteiger charge is 2.28. The SMILES string of the molecule is CCCc1cc(CC)cc(C(Nc2ccc(C#N)cc2)C(=O)OC)c1OCC1CCOC1. The van der Waals surface area contributed by atoms with Crippen LogP contribution in [0, 0.1) is 17.2 Å². The second-order valence-corrected chi connectivity index (χ2v) is 8.11. The number of ether oxygens (including phenoxy) is 3. The average molecular weight is 437 g/mol. The molecule has 0 aliphatic carbocycles. The van der Waals surface area contributed by atoms with E-state index in [2.05, 4.69) is 31.3 Å². The van der Waals surface area contributed by atoms with Crippen LogP contribution < -0.4 is 10.1 Å². The topological polar surface area (TPSA) is 80.6 Å². The minimum atomic E-state index is -0.732. The molecule has 2 atom stereocenters. The molecule has 32 heavy (non-hydrogen) atoms. The van der Waals surface area contributed by atoms with Gasteiger partial charge < -0.3 is 19.5 Å². The molecule has 1 aliphatic heterocycles. The van der Waals surface area contributed by atoms with Gasteiger partial charge in [0.1, 0.15) is 5.75 Å². The van der Waals surface area contributed by atoms with Crippen molar-refractivity contribution in [2.75, 3.05) is 32.2 Å². The number of carbonyl (C=O) groups excluding carboxylic acids is 1. The Morgan fingerprint density at radius 3 is 2.66 bits per heavy atom. The molecule has 170 valence electrons. The number of carbonyl (C=O) groups is 1. The van der Waals surface area contributed by atoms with Crippen LogP contribution in [0.2, 0.25) is 0 Å². The van der Waals surface area contributed by atoms with E-state index in [1.165, 1.54) is 7.11 Å². The lowest BCUT2D eigenvalue weighted by Gasteiger charge is -2.25. The highest BCUT2D eigenvalue weighted by atomic mass is 16.5. The number of anilines is 1. The van der Waals surface area contributed by atoms with E-state index in [0.717, 1.165) is 60.4 Å². The summed E-state index contributed by atoms with van der Waals surface area (Å²) < 4.78 is 17.0. The fourth-order valence-electron chi connectivity index (χ4n) is 3.94. The van der Waals surface area contributed by atoms with E-state index in [9.17, 15) is 4.79 Å². The molecule has 0 amide bonds.